The van der Waals surface area contributed by atoms with Crippen LogP contribution in [0.2, 0.25) is 0 Å². The molecule has 0 unspecified atom stereocenters. The van der Waals surface area contributed by atoms with Gasteiger partial charge in [-0.15, -0.1) is 0 Å². The number of methoxy groups -OCH3 is 1. The van der Waals surface area contributed by atoms with Crippen LogP contribution in [0.15, 0.2) is 64.5 Å². The predicted octanol–water partition coefficient (Wildman–Crippen LogP) is 4.71. The fourth-order valence-electron chi connectivity index (χ4n) is 2.61. The number of H-pyrrole nitrogens is 1. The summed E-state index contributed by atoms with van der Waals surface area (Å²) in [6.45, 7) is 2.74. The summed E-state index contributed by atoms with van der Waals surface area (Å²) >= 11 is 1.55. The van der Waals surface area contributed by atoms with Crippen LogP contribution in [0.4, 0.5) is 0 Å². The van der Waals surface area contributed by atoms with Crippen molar-refractivity contribution in [2.24, 2.45) is 0 Å². The predicted molar refractivity (Wildman–Crippen MR) is 113 cm³/mol. The first kappa shape index (κ1) is 20.0. The SMILES string of the molecule is COc1ccc(-c2cc(=O)[nH]c(SCCCCOc3ccc(C)cc3)n2)cc1. The van der Waals surface area contributed by atoms with E-state index < -0.39 is 0 Å². The molecule has 0 saturated heterocycles. The molecular weight excluding hydrogens is 372 g/mol. The number of thioether (sulfide) groups is 1. The number of nitrogens with zero attached hydrogens (tertiary/aromatic N) is 1. The summed E-state index contributed by atoms with van der Waals surface area (Å²) in [6.07, 6.45) is 1.93. The summed E-state index contributed by atoms with van der Waals surface area (Å²) in [6, 6.07) is 17.1. The third-order valence-corrected chi connectivity index (χ3v) is 5.13. The highest BCUT2D eigenvalue weighted by molar-refractivity contribution is 7.99. The fraction of sp³-hybridized carbons (Fsp3) is 0.273. The molecule has 0 spiro atoms. The highest BCUT2D eigenvalue weighted by Crippen LogP contribution is 2.22. The molecule has 0 atom stereocenters. The normalized spacial score (nSPS) is 10.6. The number of benzene rings is 2. The van der Waals surface area contributed by atoms with Crippen LogP contribution in [0.5, 0.6) is 11.5 Å². The van der Waals surface area contributed by atoms with Crippen molar-refractivity contribution in [3.05, 3.63) is 70.5 Å². The molecule has 5 nitrogen and oxygen atoms in total. The highest BCUT2D eigenvalue weighted by atomic mass is 32.2. The largest absolute Gasteiger partial charge is 0.497 e. The van der Waals surface area contributed by atoms with Crippen LogP contribution >= 0.6 is 11.8 Å². The van der Waals surface area contributed by atoms with Crippen molar-refractivity contribution in [2.75, 3.05) is 19.5 Å². The zero-order valence-corrected chi connectivity index (χ0v) is 16.9. The molecule has 28 heavy (non-hydrogen) atoms. The monoisotopic (exact) mass is 396 g/mol. The van der Waals surface area contributed by atoms with E-state index in [9.17, 15) is 4.79 Å². The van der Waals surface area contributed by atoms with E-state index in [-0.39, 0.29) is 5.56 Å². The summed E-state index contributed by atoms with van der Waals surface area (Å²) in [5.74, 6) is 2.54. The highest BCUT2D eigenvalue weighted by Gasteiger charge is 2.05. The van der Waals surface area contributed by atoms with Gasteiger partial charge in [-0.25, -0.2) is 4.98 Å². The Morgan fingerprint density at radius 2 is 1.71 bits per heavy atom. The molecule has 1 aromatic heterocycles. The van der Waals surface area contributed by atoms with Gasteiger partial charge in [-0.2, -0.15) is 0 Å². The summed E-state index contributed by atoms with van der Waals surface area (Å²) in [5, 5.41) is 0.637. The lowest BCUT2D eigenvalue weighted by atomic mass is 10.1. The van der Waals surface area contributed by atoms with Crippen molar-refractivity contribution in [2.45, 2.75) is 24.9 Å². The maximum absolute atomic E-state index is 12.0. The van der Waals surface area contributed by atoms with Crippen LogP contribution in [0.1, 0.15) is 18.4 Å². The quantitative estimate of drug-likeness (QED) is 0.322. The lowest BCUT2D eigenvalue weighted by Crippen LogP contribution is -2.08. The summed E-state index contributed by atoms with van der Waals surface area (Å²) in [7, 11) is 1.63. The minimum atomic E-state index is -0.147. The van der Waals surface area contributed by atoms with Gasteiger partial charge in [0, 0.05) is 17.4 Å². The van der Waals surface area contributed by atoms with Crippen molar-refractivity contribution in [1.29, 1.82) is 0 Å². The van der Waals surface area contributed by atoms with Crippen molar-refractivity contribution in [1.82, 2.24) is 9.97 Å². The Bertz CT molecular complexity index is 937. The molecule has 0 fully saturated rings. The molecule has 0 radical (unpaired) electrons. The van der Waals surface area contributed by atoms with E-state index in [2.05, 4.69) is 16.9 Å². The number of hydrogen-bond acceptors (Lipinski definition) is 5. The summed E-state index contributed by atoms with van der Waals surface area (Å²) in [5.41, 5.74) is 2.63. The van der Waals surface area contributed by atoms with Gasteiger partial charge in [0.05, 0.1) is 19.4 Å². The molecule has 0 aliphatic heterocycles. The number of aromatic nitrogens is 2. The second-order valence-corrected chi connectivity index (χ2v) is 7.46. The second kappa shape index (κ2) is 9.99. The molecule has 146 valence electrons. The Kier molecular flexibility index (Phi) is 7.14. The average Bonchev–Trinajstić information content (AvgIpc) is 2.71. The van der Waals surface area contributed by atoms with Gasteiger partial charge < -0.3 is 14.5 Å². The molecule has 1 heterocycles. The molecule has 0 aliphatic rings. The van der Waals surface area contributed by atoms with Crippen molar-refractivity contribution >= 4 is 11.8 Å². The van der Waals surface area contributed by atoms with Crippen molar-refractivity contribution in [3.8, 4) is 22.8 Å². The van der Waals surface area contributed by atoms with Crippen LogP contribution in [-0.2, 0) is 0 Å². The lowest BCUT2D eigenvalue weighted by Gasteiger charge is -2.07. The Hall–Kier alpha value is -2.73. The van der Waals surface area contributed by atoms with Gasteiger partial charge in [-0.05, 0) is 56.2 Å². The maximum Gasteiger partial charge on any atom is 0.252 e. The standard InChI is InChI=1S/C22H24N2O3S/c1-16-5-9-19(10-6-16)27-13-3-4-14-28-22-23-20(15-21(25)24-22)17-7-11-18(26-2)12-8-17/h5-12,15H,3-4,13-14H2,1-2H3,(H,23,24,25). The van der Waals surface area contributed by atoms with E-state index in [0.29, 0.717) is 17.5 Å². The van der Waals surface area contributed by atoms with Crippen LogP contribution in [0.25, 0.3) is 11.3 Å². The van der Waals surface area contributed by atoms with Gasteiger partial charge in [0.25, 0.3) is 5.56 Å². The van der Waals surface area contributed by atoms with E-state index >= 15 is 0 Å². The van der Waals surface area contributed by atoms with E-state index in [1.807, 2.05) is 48.5 Å². The second-order valence-electron chi connectivity index (χ2n) is 6.38. The first-order valence-electron chi connectivity index (χ1n) is 9.22. The fourth-order valence-corrected chi connectivity index (χ4v) is 3.49. The van der Waals surface area contributed by atoms with Gasteiger partial charge >= 0.3 is 0 Å². The molecule has 3 rings (SSSR count). The average molecular weight is 397 g/mol. The number of ether oxygens (including phenoxy) is 2. The topological polar surface area (TPSA) is 64.2 Å². The molecular formula is C22H24N2O3S. The Morgan fingerprint density at radius 1 is 1.00 bits per heavy atom. The number of aromatic amines is 1. The van der Waals surface area contributed by atoms with Crippen LogP contribution < -0.4 is 15.0 Å². The number of rotatable bonds is 9. The maximum atomic E-state index is 12.0. The first-order chi connectivity index (χ1) is 13.6. The zero-order valence-electron chi connectivity index (χ0n) is 16.1. The van der Waals surface area contributed by atoms with Gasteiger partial charge in [-0.3, -0.25) is 4.79 Å². The molecule has 1 N–H and O–H groups in total. The minimum absolute atomic E-state index is 0.147. The Labute approximate surface area is 169 Å². The van der Waals surface area contributed by atoms with Crippen LogP contribution in [0, 0.1) is 6.92 Å². The van der Waals surface area contributed by atoms with E-state index in [4.69, 9.17) is 9.47 Å². The van der Waals surface area contributed by atoms with E-state index in [0.717, 1.165) is 35.7 Å². The molecule has 3 aromatic rings. The van der Waals surface area contributed by atoms with E-state index in [1.165, 1.54) is 11.6 Å². The Morgan fingerprint density at radius 3 is 2.43 bits per heavy atom. The number of hydrogen-bond donors (Lipinski definition) is 1. The molecule has 0 aliphatic carbocycles. The van der Waals surface area contributed by atoms with Gasteiger partial charge in [-0.1, -0.05) is 29.5 Å². The van der Waals surface area contributed by atoms with E-state index in [1.54, 1.807) is 18.9 Å². The number of unbranched alkanes of at least 4 members (excludes halogenated alkanes) is 1. The van der Waals surface area contributed by atoms with Gasteiger partial charge in [0.1, 0.15) is 11.5 Å². The molecule has 0 saturated carbocycles. The third kappa shape index (κ3) is 5.89. The molecule has 6 heteroatoms. The third-order valence-electron chi connectivity index (χ3n) is 4.17. The van der Waals surface area contributed by atoms with Crippen molar-refractivity contribution < 1.29 is 9.47 Å². The molecule has 0 amide bonds. The lowest BCUT2D eigenvalue weighted by molar-refractivity contribution is 0.310. The number of aryl methyl sites for hydroxylation is 1. The summed E-state index contributed by atoms with van der Waals surface area (Å²) in [4.78, 5) is 19.3. The Balaban J connectivity index is 1.48. The van der Waals surface area contributed by atoms with Crippen LogP contribution in [-0.4, -0.2) is 29.4 Å². The first-order valence-corrected chi connectivity index (χ1v) is 10.2. The minimum Gasteiger partial charge on any atom is -0.497 e. The van der Waals surface area contributed by atoms with Gasteiger partial charge in [0.15, 0.2) is 5.16 Å². The smallest absolute Gasteiger partial charge is 0.252 e. The molecule has 2 aromatic carbocycles. The van der Waals surface area contributed by atoms with Gasteiger partial charge in [0.2, 0.25) is 0 Å². The number of nitrogens with one attached hydrogen (secondary N) is 1. The zero-order chi connectivity index (χ0) is 19.8. The molecule has 0 bridgehead atoms. The summed E-state index contributed by atoms with van der Waals surface area (Å²) < 4.78 is 10.9. The van der Waals surface area contributed by atoms with Crippen LogP contribution in [0.3, 0.4) is 0 Å². The van der Waals surface area contributed by atoms with Crippen molar-refractivity contribution in [3.63, 3.8) is 0 Å².